The van der Waals surface area contributed by atoms with E-state index < -0.39 is 50.6 Å². The molecule has 0 aromatic heterocycles. The van der Waals surface area contributed by atoms with Gasteiger partial charge >= 0.3 is 0 Å². The number of amides is 3. The molecule has 0 unspecified atom stereocenters. The van der Waals surface area contributed by atoms with E-state index in [-0.39, 0.29) is 24.1 Å². The summed E-state index contributed by atoms with van der Waals surface area (Å²) in [6.07, 6.45) is 3.84. The maximum atomic E-state index is 13.5. The molecule has 1 aromatic rings. The van der Waals surface area contributed by atoms with Crippen molar-refractivity contribution in [2.24, 2.45) is 11.8 Å². The van der Waals surface area contributed by atoms with Gasteiger partial charge in [-0.3, -0.25) is 19.1 Å². The molecular formula is C25H33FN4O5S. The standard InChI is InChI=1S/C25H33FN4O5S/c1-4-16-14-25(16,24(33)29-36(34,35)19-11-12-19)28-22(31)20-6-5-13-30(20)23(32)21(15(2)3)27-18-9-7-17(26)8-10-18/h4,7-10,15-16,19-21,27H,1,5-6,11-14H2,2-3H3,(H,28,31)(H,29,33)/t16-,20+,21+,25-/m1/s1. The minimum absolute atomic E-state index is 0.120. The van der Waals surface area contributed by atoms with Crippen molar-refractivity contribution in [1.29, 1.82) is 0 Å². The number of sulfonamides is 1. The van der Waals surface area contributed by atoms with Crippen molar-refractivity contribution in [3.05, 3.63) is 42.7 Å². The fourth-order valence-corrected chi connectivity index (χ4v) is 6.10. The molecule has 1 saturated heterocycles. The molecule has 2 saturated carbocycles. The van der Waals surface area contributed by atoms with Crippen LogP contribution in [0.1, 0.15) is 46.0 Å². The molecule has 1 aliphatic heterocycles. The summed E-state index contributed by atoms with van der Waals surface area (Å²) in [4.78, 5) is 41.3. The molecule has 3 aliphatic rings. The Morgan fingerprint density at radius 3 is 2.39 bits per heavy atom. The van der Waals surface area contributed by atoms with Gasteiger partial charge in [0, 0.05) is 18.2 Å². The molecule has 2 aliphatic carbocycles. The first-order chi connectivity index (χ1) is 17.0. The van der Waals surface area contributed by atoms with E-state index in [1.54, 1.807) is 12.1 Å². The minimum atomic E-state index is -3.77. The Labute approximate surface area is 210 Å². The van der Waals surface area contributed by atoms with Crippen LogP contribution in [-0.2, 0) is 24.4 Å². The molecular weight excluding hydrogens is 487 g/mol. The highest BCUT2D eigenvalue weighted by molar-refractivity contribution is 7.91. The highest BCUT2D eigenvalue weighted by Crippen LogP contribution is 2.45. The second-order valence-corrected chi connectivity index (χ2v) is 12.2. The van der Waals surface area contributed by atoms with Gasteiger partial charge in [-0.1, -0.05) is 19.9 Å². The molecule has 36 heavy (non-hydrogen) atoms. The number of nitrogens with zero attached hydrogens (tertiary/aromatic N) is 1. The first-order valence-corrected chi connectivity index (χ1v) is 13.9. The van der Waals surface area contributed by atoms with E-state index in [2.05, 4.69) is 21.9 Å². The summed E-state index contributed by atoms with van der Waals surface area (Å²) in [6, 6.07) is 4.27. The average molecular weight is 521 g/mol. The van der Waals surface area contributed by atoms with Crippen molar-refractivity contribution in [3.8, 4) is 0 Å². The van der Waals surface area contributed by atoms with Crippen molar-refractivity contribution in [3.63, 3.8) is 0 Å². The molecule has 11 heteroatoms. The van der Waals surface area contributed by atoms with Gasteiger partial charge in [0.25, 0.3) is 5.91 Å². The summed E-state index contributed by atoms with van der Waals surface area (Å²) >= 11 is 0. The first-order valence-electron chi connectivity index (χ1n) is 12.3. The Balaban J connectivity index is 1.47. The van der Waals surface area contributed by atoms with Gasteiger partial charge in [0.15, 0.2) is 0 Å². The Kier molecular flexibility index (Phi) is 7.14. The highest BCUT2D eigenvalue weighted by Gasteiger charge is 2.61. The number of likely N-dealkylation sites (tertiary alicyclic amines) is 1. The second-order valence-electron chi connectivity index (χ2n) is 10.2. The van der Waals surface area contributed by atoms with Crippen LogP contribution in [0.15, 0.2) is 36.9 Å². The lowest BCUT2D eigenvalue weighted by atomic mass is 10.0. The lowest BCUT2D eigenvalue weighted by Crippen LogP contribution is -2.58. The molecule has 4 rings (SSSR count). The molecule has 0 radical (unpaired) electrons. The van der Waals surface area contributed by atoms with Crippen LogP contribution in [-0.4, -0.2) is 60.5 Å². The Morgan fingerprint density at radius 2 is 1.83 bits per heavy atom. The predicted molar refractivity (Wildman–Crippen MR) is 133 cm³/mol. The molecule has 3 fully saturated rings. The van der Waals surface area contributed by atoms with E-state index in [9.17, 15) is 27.2 Å². The number of carbonyl (C=O) groups excluding carboxylic acids is 3. The zero-order valence-electron chi connectivity index (χ0n) is 20.5. The largest absolute Gasteiger partial charge is 0.373 e. The maximum absolute atomic E-state index is 13.5. The zero-order valence-corrected chi connectivity index (χ0v) is 21.3. The third kappa shape index (κ3) is 5.25. The number of benzene rings is 1. The van der Waals surface area contributed by atoms with Crippen LogP contribution >= 0.6 is 0 Å². The molecule has 3 N–H and O–H groups in total. The van der Waals surface area contributed by atoms with Gasteiger partial charge in [0.1, 0.15) is 23.4 Å². The predicted octanol–water partition coefficient (Wildman–Crippen LogP) is 1.92. The SMILES string of the molecule is C=C[C@@H]1C[C@]1(NC(=O)[C@@H]1CCCN1C(=O)[C@@H](Nc1ccc(F)cc1)C(C)C)C(=O)NS(=O)(=O)C1CC1. The minimum Gasteiger partial charge on any atom is -0.373 e. The number of carbonyl (C=O) groups is 3. The van der Waals surface area contributed by atoms with Gasteiger partial charge in [-0.2, -0.15) is 0 Å². The Morgan fingerprint density at radius 1 is 1.17 bits per heavy atom. The molecule has 1 aromatic carbocycles. The van der Waals surface area contributed by atoms with Gasteiger partial charge < -0.3 is 15.5 Å². The lowest BCUT2D eigenvalue weighted by molar-refractivity contribution is -0.140. The van der Waals surface area contributed by atoms with Crippen LogP contribution < -0.4 is 15.4 Å². The van der Waals surface area contributed by atoms with E-state index in [1.165, 1.54) is 23.1 Å². The molecule has 3 amide bonds. The van der Waals surface area contributed by atoms with Gasteiger partial charge in [0.05, 0.1) is 5.25 Å². The highest BCUT2D eigenvalue weighted by atomic mass is 32.2. The summed E-state index contributed by atoms with van der Waals surface area (Å²) in [5.41, 5.74) is -0.801. The Bertz CT molecular complexity index is 1150. The fourth-order valence-electron chi connectivity index (χ4n) is 4.74. The summed E-state index contributed by atoms with van der Waals surface area (Å²) in [6.45, 7) is 7.84. The number of hydrogen-bond donors (Lipinski definition) is 3. The van der Waals surface area contributed by atoms with Gasteiger partial charge in [-0.05, 0) is 62.3 Å². The maximum Gasteiger partial charge on any atom is 0.259 e. The normalized spacial score (nSPS) is 26.3. The molecule has 4 atom stereocenters. The van der Waals surface area contributed by atoms with Crippen LogP contribution in [0.4, 0.5) is 10.1 Å². The van der Waals surface area contributed by atoms with Crippen molar-refractivity contribution in [2.45, 2.75) is 68.8 Å². The van der Waals surface area contributed by atoms with Gasteiger partial charge in [-0.15, -0.1) is 6.58 Å². The summed E-state index contributed by atoms with van der Waals surface area (Å²) in [5, 5.41) is 5.33. The van der Waals surface area contributed by atoms with Crippen LogP contribution in [0.3, 0.4) is 0 Å². The third-order valence-electron chi connectivity index (χ3n) is 7.19. The van der Waals surface area contributed by atoms with Gasteiger partial charge in [-0.25, -0.2) is 12.8 Å². The number of nitrogens with one attached hydrogen (secondary N) is 3. The van der Waals surface area contributed by atoms with E-state index >= 15 is 0 Å². The van der Waals surface area contributed by atoms with E-state index in [0.29, 0.717) is 37.9 Å². The average Bonchev–Trinajstić information content (AvgIpc) is 3.74. The summed E-state index contributed by atoms with van der Waals surface area (Å²) in [5.74, 6) is -2.42. The van der Waals surface area contributed by atoms with Gasteiger partial charge in [0.2, 0.25) is 21.8 Å². The van der Waals surface area contributed by atoms with Crippen LogP contribution in [0.5, 0.6) is 0 Å². The fraction of sp³-hybridized carbons (Fsp3) is 0.560. The van der Waals surface area contributed by atoms with E-state index in [1.807, 2.05) is 13.8 Å². The van der Waals surface area contributed by atoms with Crippen molar-refractivity contribution in [1.82, 2.24) is 14.9 Å². The Hall–Kier alpha value is -2.95. The van der Waals surface area contributed by atoms with E-state index in [0.717, 1.165) is 0 Å². The molecule has 196 valence electrons. The second kappa shape index (κ2) is 9.84. The zero-order chi connectivity index (χ0) is 26.3. The van der Waals surface area contributed by atoms with Crippen molar-refractivity contribution >= 4 is 33.4 Å². The summed E-state index contributed by atoms with van der Waals surface area (Å²) in [7, 11) is -3.77. The quantitative estimate of drug-likeness (QED) is 0.405. The lowest BCUT2D eigenvalue weighted by Gasteiger charge is -2.32. The smallest absolute Gasteiger partial charge is 0.259 e. The first kappa shape index (κ1) is 26.1. The number of rotatable bonds is 10. The summed E-state index contributed by atoms with van der Waals surface area (Å²) < 4.78 is 40.1. The van der Waals surface area contributed by atoms with Crippen LogP contribution in [0.25, 0.3) is 0 Å². The molecule has 1 heterocycles. The molecule has 0 bridgehead atoms. The monoisotopic (exact) mass is 520 g/mol. The van der Waals surface area contributed by atoms with Crippen molar-refractivity contribution < 1.29 is 27.2 Å². The number of hydrogen-bond acceptors (Lipinski definition) is 6. The number of halogens is 1. The molecule has 0 spiro atoms. The van der Waals surface area contributed by atoms with Crippen LogP contribution in [0, 0.1) is 17.7 Å². The number of anilines is 1. The topological polar surface area (TPSA) is 125 Å². The van der Waals surface area contributed by atoms with Crippen molar-refractivity contribution in [2.75, 3.05) is 11.9 Å². The van der Waals surface area contributed by atoms with E-state index in [4.69, 9.17) is 0 Å². The van der Waals surface area contributed by atoms with Crippen LogP contribution in [0.2, 0.25) is 0 Å². The molecule has 9 nitrogen and oxygen atoms in total. The third-order valence-corrected chi connectivity index (χ3v) is 9.01.